The number of hydrogen-bond donors (Lipinski definition) is 4. The standard InChI is InChI=1S/C45H54ClN11O5/c1-27-35(24-55(4)54-27)40-52-38-39(36(46)22-48-41(38)53-40)62-33-7-5-29(6-8-33)42(59)49-25-45(2,3)26-50-43(60)30-13-15-56(16-14-30)23-28-11-17-57(18-12-28)32-19-31(20-47-21-32)34-9-10-37(58)51-44(34)61/h5-8,19-22,24,28,30,34H,9-18,23,25-26H2,1-4H3,(H,49,59)(H,50,60)(H,48,52,53)(H,51,58,61)/t34-/m0/s1. The molecule has 0 spiro atoms. The molecule has 0 unspecified atom stereocenters. The third-order valence-corrected chi connectivity index (χ3v) is 12.6. The maximum absolute atomic E-state index is 13.3. The average Bonchev–Trinajstić information content (AvgIpc) is 3.85. The normalized spacial score (nSPS) is 18.2. The Morgan fingerprint density at radius 1 is 0.968 bits per heavy atom. The molecule has 3 saturated heterocycles. The van der Waals surface area contributed by atoms with Gasteiger partial charge in [-0.3, -0.25) is 34.2 Å². The zero-order chi connectivity index (χ0) is 43.5. The summed E-state index contributed by atoms with van der Waals surface area (Å²) in [5, 5.41) is 13.4. The first-order valence-electron chi connectivity index (χ1n) is 21.4. The Morgan fingerprint density at radius 3 is 2.42 bits per heavy atom. The van der Waals surface area contributed by atoms with Crippen LogP contribution in [0.1, 0.15) is 79.9 Å². The number of pyridine rings is 2. The number of carbonyl (C=O) groups excluding carboxylic acids is 4. The number of imidazole rings is 1. The van der Waals surface area contributed by atoms with Crippen LogP contribution in [-0.2, 0) is 21.4 Å². The van der Waals surface area contributed by atoms with Gasteiger partial charge in [-0.1, -0.05) is 25.4 Å². The molecule has 4 aromatic heterocycles. The van der Waals surface area contributed by atoms with Crippen LogP contribution in [-0.4, -0.2) is 104 Å². The van der Waals surface area contributed by atoms with Crippen LogP contribution < -0.4 is 25.6 Å². The van der Waals surface area contributed by atoms with Crippen LogP contribution in [0.4, 0.5) is 5.69 Å². The smallest absolute Gasteiger partial charge is 0.251 e. The molecule has 4 amide bonds. The lowest BCUT2D eigenvalue weighted by molar-refractivity contribution is -0.134. The van der Waals surface area contributed by atoms with Crippen molar-refractivity contribution in [1.29, 1.82) is 0 Å². The summed E-state index contributed by atoms with van der Waals surface area (Å²) in [5.74, 6) is 1.10. The molecule has 326 valence electrons. The van der Waals surface area contributed by atoms with Crippen molar-refractivity contribution in [3.63, 3.8) is 0 Å². The molecule has 3 aliphatic rings. The van der Waals surface area contributed by atoms with Crippen molar-refractivity contribution in [3.8, 4) is 22.9 Å². The largest absolute Gasteiger partial charge is 0.453 e. The number of piperidine rings is 3. The number of halogens is 1. The van der Waals surface area contributed by atoms with Gasteiger partial charge in [0.05, 0.1) is 35.3 Å². The number of nitrogens with one attached hydrogen (secondary N) is 4. The van der Waals surface area contributed by atoms with Crippen LogP contribution in [0.15, 0.2) is 55.1 Å². The molecular weight excluding hydrogens is 810 g/mol. The molecule has 1 aromatic carbocycles. The van der Waals surface area contributed by atoms with Crippen molar-refractivity contribution < 1.29 is 23.9 Å². The first-order chi connectivity index (χ1) is 29.8. The summed E-state index contributed by atoms with van der Waals surface area (Å²) in [6, 6.07) is 8.88. The number of rotatable bonds is 13. The van der Waals surface area contributed by atoms with E-state index in [4.69, 9.17) is 16.3 Å². The fourth-order valence-corrected chi connectivity index (χ4v) is 8.84. The molecular formula is C45H54ClN11O5. The molecule has 7 heterocycles. The number of fused-ring (bicyclic) bond motifs is 1. The number of imide groups is 1. The van der Waals surface area contributed by atoms with Gasteiger partial charge in [-0.2, -0.15) is 5.10 Å². The van der Waals surface area contributed by atoms with Gasteiger partial charge >= 0.3 is 0 Å². The monoisotopic (exact) mass is 863 g/mol. The van der Waals surface area contributed by atoms with Crippen molar-refractivity contribution in [2.75, 3.05) is 50.7 Å². The number of anilines is 1. The number of H-pyrrole nitrogens is 1. The van der Waals surface area contributed by atoms with E-state index in [1.807, 2.05) is 40.2 Å². The first kappa shape index (κ1) is 42.8. The number of nitrogens with zero attached hydrogens (tertiary/aromatic N) is 7. The molecule has 0 saturated carbocycles. The third-order valence-electron chi connectivity index (χ3n) is 12.3. The number of ether oxygens (including phenoxy) is 1. The third kappa shape index (κ3) is 9.92. The van der Waals surface area contributed by atoms with Crippen molar-refractivity contribution in [1.82, 2.24) is 50.6 Å². The van der Waals surface area contributed by atoms with E-state index >= 15 is 0 Å². The Balaban J connectivity index is 0.747. The number of hydrogen-bond acceptors (Lipinski definition) is 11. The maximum atomic E-state index is 13.3. The second-order valence-corrected chi connectivity index (χ2v) is 18.1. The molecule has 16 nitrogen and oxygen atoms in total. The van der Waals surface area contributed by atoms with Gasteiger partial charge < -0.3 is 30.2 Å². The summed E-state index contributed by atoms with van der Waals surface area (Å²) in [6.07, 6.45) is 11.6. The van der Waals surface area contributed by atoms with Crippen molar-refractivity contribution in [2.45, 2.75) is 65.2 Å². The van der Waals surface area contributed by atoms with Gasteiger partial charge in [0.2, 0.25) is 17.7 Å². The second-order valence-electron chi connectivity index (χ2n) is 17.7. The zero-order valence-electron chi connectivity index (χ0n) is 35.7. The maximum Gasteiger partial charge on any atom is 0.251 e. The molecule has 5 aromatic rings. The number of aryl methyl sites for hydroxylation is 2. The zero-order valence-corrected chi connectivity index (χ0v) is 36.4. The van der Waals surface area contributed by atoms with E-state index in [2.05, 4.69) is 56.9 Å². The van der Waals surface area contributed by atoms with E-state index in [0.29, 0.717) is 70.9 Å². The minimum absolute atomic E-state index is 0.0258. The van der Waals surface area contributed by atoms with Crippen molar-refractivity contribution in [3.05, 3.63) is 77.0 Å². The van der Waals surface area contributed by atoms with E-state index in [1.54, 1.807) is 35.1 Å². The van der Waals surface area contributed by atoms with Crippen LogP contribution in [0.3, 0.4) is 0 Å². The SMILES string of the molecule is Cc1nn(C)cc1-c1nc2ncc(Cl)c(Oc3ccc(C(=O)NCC(C)(C)CNC(=O)C4CCN(CC5CCN(c6cncc([C@@H]7CCC(=O)NC7=O)c6)CC5)CC4)cc3)c2[nH]1. The molecule has 0 bridgehead atoms. The van der Waals surface area contributed by atoms with E-state index in [9.17, 15) is 19.2 Å². The number of amides is 4. The highest BCUT2D eigenvalue weighted by atomic mass is 35.5. The molecule has 8 rings (SSSR count). The van der Waals surface area contributed by atoms with Crippen molar-refractivity contribution >= 4 is 52.1 Å². The fraction of sp³-hybridized carbons (Fsp3) is 0.467. The summed E-state index contributed by atoms with van der Waals surface area (Å²) in [6.45, 7) is 11.5. The molecule has 1 atom stereocenters. The molecule has 62 heavy (non-hydrogen) atoms. The Bertz CT molecular complexity index is 2450. The van der Waals surface area contributed by atoms with Gasteiger partial charge in [-0.15, -0.1) is 0 Å². The summed E-state index contributed by atoms with van der Waals surface area (Å²) in [7, 11) is 1.85. The number of aromatic nitrogens is 6. The fourth-order valence-electron chi connectivity index (χ4n) is 8.65. The highest BCUT2D eigenvalue weighted by Gasteiger charge is 2.31. The van der Waals surface area contributed by atoms with Gasteiger partial charge in [0.15, 0.2) is 11.4 Å². The molecule has 0 radical (unpaired) electrons. The Hall–Kier alpha value is -5.87. The second kappa shape index (κ2) is 18.2. The van der Waals surface area contributed by atoms with E-state index in [-0.39, 0.29) is 40.9 Å². The Labute approximate surface area is 365 Å². The molecule has 3 fully saturated rings. The van der Waals surface area contributed by atoms with E-state index < -0.39 is 0 Å². The Kier molecular flexibility index (Phi) is 12.6. The number of likely N-dealkylation sites (tertiary alicyclic amines) is 1. The summed E-state index contributed by atoms with van der Waals surface area (Å²) >= 11 is 6.52. The average molecular weight is 864 g/mol. The minimum Gasteiger partial charge on any atom is -0.453 e. The van der Waals surface area contributed by atoms with Crippen LogP contribution in [0, 0.1) is 24.2 Å². The Morgan fingerprint density at radius 2 is 1.71 bits per heavy atom. The predicted octanol–water partition coefficient (Wildman–Crippen LogP) is 5.53. The van der Waals surface area contributed by atoms with Crippen molar-refractivity contribution in [2.24, 2.45) is 24.3 Å². The lowest BCUT2D eigenvalue weighted by Crippen LogP contribution is -2.46. The number of aromatic amines is 1. The highest BCUT2D eigenvalue weighted by Crippen LogP contribution is 2.36. The van der Waals surface area contributed by atoms with E-state index in [0.717, 1.165) is 80.9 Å². The van der Waals surface area contributed by atoms with Gasteiger partial charge in [0.1, 0.15) is 22.1 Å². The minimum atomic E-state index is -0.368. The molecule has 3 aliphatic heterocycles. The van der Waals surface area contributed by atoms with E-state index in [1.165, 1.54) is 6.20 Å². The molecule has 17 heteroatoms. The van der Waals surface area contributed by atoms with Gasteiger partial charge in [0, 0.05) is 70.1 Å². The predicted molar refractivity (Wildman–Crippen MR) is 235 cm³/mol. The van der Waals surface area contributed by atoms with Gasteiger partial charge in [-0.25, -0.2) is 9.97 Å². The number of benzene rings is 1. The number of carbonyl (C=O) groups is 4. The van der Waals surface area contributed by atoms with Gasteiger partial charge in [0.25, 0.3) is 5.91 Å². The highest BCUT2D eigenvalue weighted by molar-refractivity contribution is 6.32. The first-order valence-corrected chi connectivity index (χ1v) is 21.8. The van der Waals surface area contributed by atoms with Crippen LogP contribution in [0.2, 0.25) is 5.02 Å². The van der Waals surface area contributed by atoms with Crippen LogP contribution >= 0.6 is 11.6 Å². The quantitative estimate of drug-likeness (QED) is 0.109. The van der Waals surface area contributed by atoms with Crippen LogP contribution in [0.25, 0.3) is 22.6 Å². The summed E-state index contributed by atoms with van der Waals surface area (Å²) < 4.78 is 7.91. The lowest BCUT2D eigenvalue weighted by Gasteiger charge is -2.38. The topological polar surface area (TPSA) is 192 Å². The van der Waals surface area contributed by atoms with Crippen LogP contribution in [0.5, 0.6) is 11.5 Å². The summed E-state index contributed by atoms with van der Waals surface area (Å²) in [5.41, 5.74) is 4.67. The van der Waals surface area contributed by atoms with Gasteiger partial charge in [-0.05, 0) is 99.3 Å². The molecule has 0 aliphatic carbocycles. The molecule has 4 N–H and O–H groups in total. The lowest BCUT2D eigenvalue weighted by atomic mass is 9.90. The summed E-state index contributed by atoms with van der Waals surface area (Å²) in [4.78, 5) is 72.0.